The number of carboxylic acids is 1. The smallest absolute Gasteiger partial charge is 0.305 e. The summed E-state index contributed by atoms with van der Waals surface area (Å²) in [5, 5.41) is 9.02. The van der Waals surface area contributed by atoms with Gasteiger partial charge in [0.25, 0.3) is 0 Å². The first-order valence-corrected chi connectivity index (χ1v) is 6.26. The van der Waals surface area contributed by atoms with Crippen LogP contribution in [0.4, 0.5) is 0 Å². The molecule has 0 spiro atoms. The third kappa shape index (κ3) is 2.67. The van der Waals surface area contributed by atoms with E-state index >= 15 is 0 Å². The molecule has 2 rings (SSSR count). The molecule has 0 aromatic heterocycles. The summed E-state index contributed by atoms with van der Waals surface area (Å²) in [5.74, 6) is -0.715. The summed E-state index contributed by atoms with van der Waals surface area (Å²) in [7, 11) is 0. The Morgan fingerprint density at radius 1 is 1.47 bits per heavy atom. The lowest BCUT2D eigenvalue weighted by Gasteiger charge is -2.23. The average Bonchev–Trinajstić information content (AvgIpc) is 2.64. The average molecular weight is 233 g/mol. The highest BCUT2D eigenvalue weighted by atomic mass is 16.4. The second kappa shape index (κ2) is 5.32. The molecule has 1 N–H and O–H groups in total. The summed E-state index contributed by atoms with van der Waals surface area (Å²) in [4.78, 5) is 13.3. The van der Waals surface area contributed by atoms with E-state index in [0.29, 0.717) is 0 Å². The fraction of sp³-hybridized carbons (Fsp3) is 0.500. The third-order valence-electron chi connectivity index (χ3n) is 3.40. The van der Waals surface area contributed by atoms with Gasteiger partial charge in [-0.05, 0) is 24.1 Å². The molecule has 1 heterocycles. The van der Waals surface area contributed by atoms with Gasteiger partial charge in [0.05, 0.1) is 6.42 Å². The number of rotatable bonds is 5. The maximum absolute atomic E-state index is 11.0. The van der Waals surface area contributed by atoms with Gasteiger partial charge in [0, 0.05) is 12.6 Å². The van der Waals surface area contributed by atoms with Crippen LogP contribution in [0.5, 0.6) is 0 Å². The minimum Gasteiger partial charge on any atom is -0.481 e. The van der Waals surface area contributed by atoms with Crippen molar-refractivity contribution in [1.82, 2.24) is 4.90 Å². The molecule has 0 saturated carbocycles. The van der Waals surface area contributed by atoms with Crippen molar-refractivity contribution in [2.75, 3.05) is 6.54 Å². The Morgan fingerprint density at radius 2 is 2.24 bits per heavy atom. The number of nitrogens with zero attached hydrogens (tertiary/aromatic N) is 1. The van der Waals surface area contributed by atoms with E-state index in [9.17, 15) is 4.79 Å². The van der Waals surface area contributed by atoms with Crippen LogP contribution in [-0.2, 0) is 11.3 Å². The molecule has 0 bridgehead atoms. The van der Waals surface area contributed by atoms with Crippen LogP contribution in [-0.4, -0.2) is 22.5 Å². The van der Waals surface area contributed by atoms with E-state index in [2.05, 4.69) is 24.0 Å². The zero-order valence-corrected chi connectivity index (χ0v) is 10.2. The highest BCUT2D eigenvalue weighted by Gasteiger charge is 2.30. The van der Waals surface area contributed by atoms with E-state index in [1.807, 2.05) is 12.1 Å². The van der Waals surface area contributed by atoms with Crippen LogP contribution < -0.4 is 0 Å². The fourth-order valence-electron chi connectivity index (χ4n) is 2.53. The molecule has 0 radical (unpaired) electrons. The molecule has 92 valence electrons. The van der Waals surface area contributed by atoms with Gasteiger partial charge in [0.15, 0.2) is 0 Å². The predicted molar refractivity (Wildman–Crippen MR) is 66.8 cm³/mol. The Kier molecular flexibility index (Phi) is 3.79. The molecule has 1 aliphatic heterocycles. The Labute approximate surface area is 102 Å². The van der Waals surface area contributed by atoms with Crippen LogP contribution in [0.15, 0.2) is 24.3 Å². The highest BCUT2D eigenvalue weighted by molar-refractivity contribution is 5.68. The van der Waals surface area contributed by atoms with Gasteiger partial charge in [-0.1, -0.05) is 37.6 Å². The standard InChI is InChI=1S/C14H19NO2/c1-2-3-8-15-10-11-6-4-5-7-12(11)13(15)9-14(16)17/h4-7,13H,2-3,8-10H2,1H3,(H,16,17)/t13-/m0/s1. The lowest BCUT2D eigenvalue weighted by atomic mass is 10.0. The highest BCUT2D eigenvalue weighted by Crippen LogP contribution is 2.35. The number of benzene rings is 1. The number of aliphatic carboxylic acids is 1. The number of carboxylic acid groups (broad SMARTS) is 1. The molecule has 0 saturated heterocycles. The first-order chi connectivity index (χ1) is 8.22. The molecular formula is C14H19NO2. The van der Waals surface area contributed by atoms with Crippen molar-refractivity contribution < 1.29 is 9.90 Å². The lowest BCUT2D eigenvalue weighted by molar-refractivity contribution is -0.138. The molecular weight excluding hydrogens is 214 g/mol. The minimum absolute atomic E-state index is 0.0650. The summed E-state index contributed by atoms with van der Waals surface area (Å²) in [6.45, 7) is 4.05. The molecule has 3 heteroatoms. The number of carbonyl (C=O) groups is 1. The van der Waals surface area contributed by atoms with Gasteiger partial charge >= 0.3 is 5.97 Å². The Hall–Kier alpha value is -1.35. The van der Waals surface area contributed by atoms with Crippen molar-refractivity contribution in [2.45, 2.75) is 38.8 Å². The van der Waals surface area contributed by atoms with Gasteiger partial charge < -0.3 is 5.11 Å². The molecule has 1 atom stereocenters. The van der Waals surface area contributed by atoms with Gasteiger partial charge in [-0.3, -0.25) is 9.69 Å². The van der Waals surface area contributed by atoms with Crippen molar-refractivity contribution in [3.8, 4) is 0 Å². The van der Waals surface area contributed by atoms with Gasteiger partial charge in [0.2, 0.25) is 0 Å². The topological polar surface area (TPSA) is 40.5 Å². The predicted octanol–water partition coefficient (Wildman–Crippen LogP) is 2.82. The lowest BCUT2D eigenvalue weighted by Crippen LogP contribution is -2.25. The molecule has 0 amide bonds. The van der Waals surface area contributed by atoms with Crippen molar-refractivity contribution >= 4 is 5.97 Å². The quantitative estimate of drug-likeness (QED) is 0.850. The van der Waals surface area contributed by atoms with E-state index in [1.54, 1.807) is 0 Å². The summed E-state index contributed by atoms with van der Waals surface area (Å²) in [6.07, 6.45) is 2.48. The summed E-state index contributed by atoms with van der Waals surface area (Å²) in [6, 6.07) is 8.26. The van der Waals surface area contributed by atoms with Gasteiger partial charge in [0.1, 0.15) is 0 Å². The van der Waals surface area contributed by atoms with Crippen molar-refractivity contribution in [3.63, 3.8) is 0 Å². The number of fused-ring (bicyclic) bond motifs is 1. The number of hydrogen-bond acceptors (Lipinski definition) is 2. The minimum atomic E-state index is -0.715. The number of unbranched alkanes of at least 4 members (excludes halogenated alkanes) is 1. The van der Waals surface area contributed by atoms with Gasteiger partial charge in [-0.15, -0.1) is 0 Å². The van der Waals surface area contributed by atoms with Crippen molar-refractivity contribution in [2.24, 2.45) is 0 Å². The van der Waals surface area contributed by atoms with Crippen molar-refractivity contribution in [1.29, 1.82) is 0 Å². The normalized spacial score (nSPS) is 19.2. The molecule has 0 unspecified atom stereocenters. The van der Waals surface area contributed by atoms with E-state index in [1.165, 1.54) is 11.1 Å². The van der Waals surface area contributed by atoms with Crippen molar-refractivity contribution in [3.05, 3.63) is 35.4 Å². The Bertz CT molecular complexity index is 403. The second-order valence-electron chi connectivity index (χ2n) is 4.64. The second-order valence-corrected chi connectivity index (χ2v) is 4.64. The van der Waals surface area contributed by atoms with Crippen LogP contribution in [0.2, 0.25) is 0 Å². The molecule has 1 aromatic rings. The molecule has 0 aliphatic carbocycles. The summed E-state index contributed by atoms with van der Waals surface area (Å²) in [5.41, 5.74) is 2.49. The Morgan fingerprint density at radius 3 is 2.94 bits per heavy atom. The molecule has 3 nitrogen and oxygen atoms in total. The molecule has 1 aliphatic rings. The van der Waals surface area contributed by atoms with Gasteiger partial charge in [-0.2, -0.15) is 0 Å². The monoisotopic (exact) mass is 233 g/mol. The van der Waals surface area contributed by atoms with E-state index in [4.69, 9.17) is 5.11 Å². The fourth-order valence-corrected chi connectivity index (χ4v) is 2.53. The van der Waals surface area contributed by atoms with E-state index < -0.39 is 5.97 Å². The first-order valence-electron chi connectivity index (χ1n) is 6.26. The molecule has 17 heavy (non-hydrogen) atoms. The zero-order chi connectivity index (χ0) is 12.3. The molecule has 0 fully saturated rings. The van der Waals surface area contributed by atoms with Crippen LogP contribution >= 0.6 is 0 Å². The summed E-state index contributed by atoms with van der Waals surface area (Å²) < 4.78 is 0. The van der Waals surface area contributed by atoms with Gasteiger partial charge in [-0.25, -0.2) is 0 Å². The number of hydrogen-bond donors (Lipinski definition) is 1. The largest absolute Gasteiger partial charge is 0.481 e. The molecule has 1 aromatic carbocycles. The van der Waals surface area contributed by atoms with E-state index in [0.717, 1.165) is 25.9 Å². The maximum atomic E-state index is 11.0. The van der Waals surface area contributed by atoms with Crippen LogP contribution in [0, 0.1) is 0 Å². The first kappa shape index (κ1) is 12.1. The SMILES string of the molecule is CCCCN1Cc2ccccc2[C@@H]1CC(=O)O. The Balaban J connectivity index is 2.17. The van der Waals surface area contributed by atoms with E-state index in [-0.39, 0.29) is 12.5 Å². The van der Waals surface area contributed by atoms with Crippen LogP contribution in [0.1, 0.15) is 43.4 Å². The van der Waals surface area contributed by atoms with Crippen LogP contribution in [0.3, 0.4) is 0 Å². The van der Waals surface area contributed by atoms with Crippen LogP contribution in [0.25, 0.3) is 0 Å². The zero-order valence-electron chi connectivity index (χ0n) is 10.2. The third-order valence-corrected chi connectivity index (χ3v) is 3.40. The summed E-state index contributed by atoms with van der Waals surface area (Å²) >= 11 is 0. The maximum Gasteiger partial charge on any atom is 0.305 e.